The molecule has 0 aliphatic heterocycles. The quantitative estimate of drug-likeness (QED) is 0.514. The van der Waals surface area contributed by atoms with Crippen molar-refractivity contribution in [1.82, 2.24) is 10.6 Å². The molecule has 1 rings (SSSR count). The highest BCUT2D eigenvalue weighted by molar-refractivity contribution is 6.30. The van der Waals surface area contributed by atoms with Crippen LogP contribution in [0.4, 0.5) is 0 Å². The van der Waals surface area contributed by atoms with Crippen LogP contribution in [0.15, 0.2) is 0 Å². The Hall–Kier alpha value is -0.770. The molecule has 1 unspecified atom stereocenters. The molecule has 1 aliphatic rings. The third-order valence-corrected chi connectivity index (χ3v) is 2.23. The van der Waals surface area contributed by atoms with E-state index in [1.54, 1.807) is 6.92 Å². The number of rotatable bonds is 5. The summed E-state index contributed by atoms with van der Waals surface area (Å²) in [5, 5.41) is 4.83. The molecule has 0 radical (unpaired) electrons. The van der Waals surface area contributed by atoms with Gasteiger partial charge in [-0.3, -0.25) is 9.59 Å². The predicted octanol–water partition coefficient (Wildman–Crippen LogP) is 0.256. The van der Waals surface area contributed by atoms with Gasteiger partial charge < -0.3 is 10.6 Å². The van der Waals surface area contributed by atoms with E-state index in [9.17, 15) is 9.59 Å². The van der Waals surface area contributed by atoms with E-state index in [1.807, 2.05) is 0 Å². The third kappa shape index (κ3) is 3.96. The molecule has 2 amide bonds. The minimum atomic E-state index is -0.519. The summed E-state index contributed by atoms with van der Waals surface area (Å²) in [7, 11) is 0. The van der Waals surface area contributed by atoms with Gasteiger partial charge in [-0.2, -0.15) is 0 Å². The molecule has 1 atom stereocenters. The molecule has 2 N–H and O–H groups in total. The van der Waals surface area contributed by atoms with Gasteiger partial charge in [0.1, 0.15) is 5.38 Å². The molecule has 5 heteroatoms. The lowest BCUT2D eigenvalue weighted by atomic mass is 10.4. The van der Waals surface area contributed by atoms with Crippen LogP contribution in [0.1, 0.15) is 19.8 Å². The number of nitrogens with one attached hydrogen (secondary N) is 2. The average Bonchev–Trinajstić information content (AvgIpc) is 2.94. The molecule has 4 nitrogen and oxygen atoms in total. The number of hydrogen-bond acceptors (Lipinski definition) is 2. The third-order valence-electron chi connectivity index (χ3n) is 2.03. The fraction of sp³-hybridized carbons (Fsp3) is 0.778. The van der Waals surface area contributed by atoms with E-state index < -0.39 is 5.38 Å². The molecular formula is C9H15ClN2O2. The van der Waals surface area contributed by atoms with Gasteiger partial charge in [0.05, 0.1) is 0 Å². The lowest BCUT2D eigenvalue weighted by Crippen LogP contribution is -2.37. The number of carbonyl (C=O) groups excluding carboxylic acids is 2. The maximum Gasteiger partial charge on any atom is 0.237 e. The Kier molecular flexibility index (Phi) is 4.20. The van der Waals surface area contributed by atoms with Gasteiger partial charge in [0.15, 0.2) is 0 Å². The van der Waals surface area contributed by atoms with Gasteiger partial charge in [-0.15, -0.1) is 11.6 Å². The average molecular weight is 219 g/mol. The molecule has 0 saturated heterocycles. The Balaban J connectivity index is 1.98. The zero-order valence-electron chi connectivity index (χ0n) is 8.18. The van der Waals surface area contributed by atoms with E-state index in [4.69, 9.17) is 11.6 Å². The summed E-state index contributed by atoms with van der Waals surface area (Å²) in [6, 6.07) is 0. The Bertz CT molecular complexity index is 211. The minimum absolute atomic E-state index is 0.0955. The largest absolute Gasteiger partial charge is 0.354 e. The number of amides is 2. The minimum Gasteiger partial charge on any atom is -0.354 e. The first kappa shape index (κ1) is 11.3. The number of hydrogen-bond donors (Lipinski definition) is 2. The molecule has 14 heavy (non-hydrogen) atoms. The molecule has 1 aliphatic carbocycles. The van der Waals surface area contributed by atoms with Crippen LogP contribution in [0.5, 0.6) is 0 Å². The van der Waals surface area contributed by atoms with E-state index in [2.05, 4.69) is 10.6 Å². The highest BCUT2D eigenvalue weighted by atomic mass is 35.5. The Morgan fingerprint density at radius 2 is 1.93 bits per heavy atom. The number of halogens is 1. The molecule has 1 saturated carbocycles. The number of carbonyl (C=O) groups is 2. The smallest absolute Gasteiger partial charge is 0.237 e. The van der Waals surface area contributed by atoms with Gasteiger partial charge in [0.25, 0.3) is 0 Å². The van der Waals surface area contributed by atoms with Crippen LogP contribution in [0.3, 0.4) is 0 Å². The van der Waals surface area contributed by atoms with E-state index >= 15 is 0 Å². The van der Waals surface area contributed by atoms with E-state index in [1.165, 1.54) is 0 Å². The van der Waals surface area contributed by atoms with Crippen LogP contribution < -0.4 is 10.6 Å². The van der Waals surface area contributed by atoms with Crippen LogP contribution in [0, 0.1) is 5.92 Å². The van der Waals surface area contributed by atoms with Crippen molar-refractivity contribution in [2.45, 2.75) is 25.1 Å². The second kappa shape index (κ2) is 5.20. The maximum atomic E-state index is 11.1. The Labute approximate surface area is 88.4 Å². The molecule has 0 aromatic rings. The van der Waals surface area contributed by atoms with Crippen molar-refractivity contribution < 1.29 is 9.59 Å². The van der Waals surface area contributed by atoms with E-state index in [-0.39, 0.29) is 17.7 Å². The van der Waals surface area contributed by atoms with Crippen LogP contribution in [0.2, 0.25) is 0 Å². The molecule has 0 aromatic heterocycles. The predicted molar refractivity (Wildman–Crippen MR) is 54.1 cm³/mol. The van der Waals surface area contributed by atoms with Crippen molar-refractivity contribution in [2.75, 3.05) is 13.1 Å². The van der Waals surface area contributed by atoms with Crippen molar-refractivity contribution in [3.8, 4) is 0 Å². The first-order valence-electron chi connectivity index (χ1n) is 4.80. The molecule has 0 heterocycles. The molecule has 0 bridgehead atoms. The van der Waals surface area contributed by atoms with Gasteiger partial charge in [-0.05, 0) is 19.8 Å². The first-order valence-corrected chi connectivity index (χ1v) is 5.24. The molecule has 0 aromatic carbocycles. The van der Waals surface area contributed by atoms with Crippen molar-refractivity contribution in [3.63, 3.8) is 0 Å². The topological polar surface area (TPSA) is 58.2 Å². The van der Waals surface area contributed by atoms with Crippen molar-refractivity contribution in [2.24, 2.45) is 5.92 Å². The van der Waals surface area contributed by atoms with Gasteiger partial charge in [-0.25, -0.2) is 0 Å². The van der Waals surface area contributed by atoms with Crippen molar-refractivity contribution >= 4 is 23.4 Å². The fourth-order valence-electron chi connectivity index (χ4n) is 1.00. The summed E-state index contributed by atoms with van der Waals surface area (Å²) in [6.07, 6.45) is 1.99. The van der Waals surface area contributed by atoms with Crippen molar-refractivity contribution in [3.05, 3.63) is 0 Å². The van der Waals surface area contributed by atoms with E-state index in [0.29, 0.717) is 13.1 Å². The summed E-state index contributed by atoms with van der Waals surface area (Å²) in [5.74, 6) is 0.114. The zero-order valence-corrected chi connectivity index (χ0v) is 8.93. The van der Waals surface area contributed by atoms with Gasteiger partial charge in [-0.1, -0.05) is 0 Å². The zero-order chi connectivity index (χ0) is 10.6. The van der Waals surface area contributed by atoms with Gasteiger partial charge >= 0.3 is 0 Å². The summed E-state index contributed by atoms with van der Waals surface area (Å²) >= 11 is 5.53. The summed E-state index contributed by atoms with van der Waals surface area (Å²) < 4.78 is 0. The maximum absolute atomic E-state index is 11.1. The van der Waals surface area contributed by atoms with Gasteiger partial charge in [0.2, 0.25) is 11.8 Å². The first-order chi connectivity index (χ1) is 6.61. The Morgan fingerprint density at radius 3 is 2.43 bits per heavy atom. The molecule has 1 fully saturated rings. The highest BCUT2D eigenvalue weighted by Crippen LogP contribution is 2.28. The van der Waals surface area contributed by atoms with Crippen LogP contribution >= 0.6 is 11.6 Å². The fourth-order valence-corrected chi connectivity index (χ4v) is 1.08. The molecule has 80 valence electrons. The summed E-state index contributed by atoms with van der Waals surface area (Å²) in [4.78, 5) is 22.1. The Morgan fingerprint density at radius 1 is 1.36 bits per heavy atom. The SMILES string of the molecule is CC(Cl)C(=O)NCCNC(=O)C1CC1. The second-order valence-corrected chi connectivity index (χ2v) is 4.13. The number of alkyl halides is 1. The van der Waals surface area contributed by atoms with E-state index in [0.717, 1.165) is 12.8 Å². The lowest BCUT2D eigenvalue weighted by molar-refractivity contribution is -0.123. The normalized spacial score (nSPS) is 17.3. The molecular weight excluding hydrogens is 204 g/mol. The monoisotopic (exact) mass is 218 g/mol. The summed E-state index contributed by atoms with van der Waals surface area (Å²) in [5.41, 5.74) is 0. The second-order valence-electron chi connectivity index (χ2n) is 3.47. The lowest BCUT2D eigenvalue weighted by Gasteiger charge is -2.07. The van der Waals surface area contributed by atoms with Crippen LogP contribution in [0.25, 0.3) is 0 Å². The van der Waals surface area contributed by atoms with Crippen LogP contribution in [-0.4, -0.2) is 30.3 Å². The summed E-state index contributed by atoms with van der Waals surface area (Å²) in [6.45, 7) is 2.53. The highest BCUT2D eigenvalue weighted by Gasteiger charge is 2.28. The molecule has 0 spiro atoms. The van der Waals surface area contributed by atoms with Gasteiger partial charge in [0, 0.05) is 19.0 Å². The van der Waals surface area contributed by atoms with Crippen LogP contribution in [-0.2, 0) is 9.59 Å². The standard InChI is InChI=1S/C9H15ClN2O2/c1-6(10)8(13)11-4-5-12-9(14)7-2-3-7/h6-7H,2-5H2,1H3,(H,11,13)(H,12,14). The van der Waals surface area contributed by atoms with Crippen molar-refractivity contribution in [1.29, 1.82) is 0 Å².